The molecule has 3 heterocycles. The molecule has 1 aliphatic rings. The summed E-state index contributed by atoms with van der Waals surface area (Å²) in [6, 6.07) is 1.93. The van der Waals surface area contributed by atoms with Gasteiger partial charge in [-0.05, 0) is 38.7 Å². The maximum Gasteiger partial charge on any atom is 0.229 e. The van der Waals surface area contributed by atoms with Gasteiger partial charge in [0.15, 0.2) is 5.13 Å². The van der Waals surface area contributed by atoms with Crippen molar-refractivity contribution >= 4 is 28.3 Å². The van der Waals surface area contributed by atoms with E-state index < -0.39 is 0 Å². The number of likely N-dealkylation sites (tertiary alicyclic amines) is 1. The van der Waals surface area contributed by atoms with Crippen LogP contribution in [0, 0.1) is 19.8 Å². The Hall–Kier alpha value is -2.02. The van der Waals surface area contributed by atoms with Crippen LogP contribution in [0.3, 0.4) is 0 Å². The van der Waals surface area contributed by atoms with E-state index in [1.165, 1.54) is 11.3 Å². The van der Waals surface area contributed by atoms with Crippen LogP contribution in [0.2, 0.25) is 0 Å². The highest BCUT2D eigenvalue weighted by molar-refractivity contribution is 7.13. The number of amides is 1. The van der Waals surface area contributed by atoms with Gasteiger partial charge in [-0.3, -0.25) is 4.79 Å². The van der Waals surface area contributed by atoms with Crippen LogP contribution < -0.4 is 5.32 Å². The van der Waals surface area contributed by atoms with Crippen LogP contribution in [0.1, 0.15) is 36.8 Å². The van der Waals surface area contributed by atoms with E-state index in [1.807, 2.05) is 30.2 Å². The summed E-state index contributed by atoms with van der Waals surface area (Å²) < 4.78 is 0. The number of hydrogen-bond acceptors (Lipinski definition) is 6. The topological polar surface area (TPSA) is 71.0 Å². The predicted octanol–water partition coefficient (Wildman–Crippen LogP) is 3.09. The van der Waals surface area contributed by atoms with Gasteiger partial charge < -0.3 is 10.2 Å². The van der Waals surface area contributed by atoms with Crippen molar-refractivity contribution in [1.82, 2.24) is 19.9 Å². The number of nitrogens with zero attached hydrogens (tertiary/aromatic N) is 4. The Bertz CT molecular complexity index is 701. The van der Waals surface area contributed by atoms with Gasteiger partial charge >= 0.3 is 0 Å². The number of hydrogen-bond donors (Lipinski definition) is 1. The van der Waals surface area contributed by atoms with E-state index >= 15 is 0 Å². The quantitative estimate of drug-likeness (QED) is 0.922. The lowest BCUT2D eigenvalue weighted by Gasteiger charge is -2.30. The third-order valence-corrected chi connectivity index (χ3v) is 5.03. The van der Waals surface area contributed by atoms with Gasteiger partial charge in [-0.25, -0.2) is 15.0 Å². The molecule has 0 spiro atoms. The second-order valence-electron chi connectivity index (χ2n) is 6.48. The zero-order chi connectivity index (χ0) is 17.1. The Morgan fingerprint density at radius 2 is 1.92 bits per heavy atom. The van der Waals surface area contributed by atoms with Crippen molar-refractivity contribution in [2.24, 2.45) is 5.92 Å². The summed E-state index contributed by atoms with van der Waals surface area (Å²) in [5.74, 6) is 1.44. The second kappa shape index (κ2) is 7.25. The molecule has 0 saturated carbocycles. The molecule has 1 saturated heterocycles. The number of rotatable bonds is 4. The Balaban J connectivity index is 1.60. The van der Waals surface area contributed by atoms with Gasteiger partial charge in [0.25, 0.3) is 0 Å². The largest absolute Gasteiger partial charge is 0.342 e. The zero-order valence-electron chi connectivity index (χ0n) is 14.4. The first-order valence-electron chi connectivity index (χ1n) is 8.31. The summed E-state index contributed by atoms with van der Waals surface area (Å²) >= 11 is 1.47. The Kier molecular flexibility index (Phi) is 5.08. The van der Waals surface area contributed by atoms with Crippen LogP contribution in [0.15, 0.2) is 11.4 Å². The van der Waals surface area contributed by atoms with Crippen LogP contribution in [0.4, 0.5) is 11.1 Å². The van der Waals surface area contributed by atoms with Gasteiger partial charge in [-0.15, -0.1) is 11.3 Å². The second-order valence-corrected chi connectivity index (χ2v) is 7.34. The predicted molar refractivity (Wildman–Crippen MR) is 95.6 cm³/mol. The first-order valence-corrected chi connectivity index (χ1v) is 9.19. The molecule has 1 aliphatic heterocycles. The summed E-state index contributed by atoms with van der Waals surface area (Å²) in [4.78, 5) is 27.5. The fourth-order valence-corrected chi connectivity index (χ4v) is 3.55. The molecule has 7 heteroatoms. The average molecular weight is 345 g/mol. The van der Waals surface area contributed by atoms with Crippen LogP contribution in [0.25, 0.3) is 0 Å². The minimum atomic E-state index is 0.168. The number of carbonyl (C=O) groups is 1. The molecule has 3 rings (SSSR count). The van der Waals surface area contributed by atoms with Crippen LogP contribution in [-0.4, -0.2) is 38.8 Å². The third-order valence-electron chi connectivity index (χ3n) is 4.22. The molecule has 6 nitrogen and oxygen atoms in total. The summed E-state index contributed by atoms with van der Waals surface area (Å²) in [6.07, 6.45) is 2.56. The number of carbonyl (C=O) groups excluding carboxylic acids is 1. The highest BCUT2D eigenvalue weighted by atomic mass is 32.1. The molecule has 2 aromatic rings. The number of aromatic nitrogens is 3. The minimum absolute atomic E-state index is 0.168. The summed E-state index contributed by atoms with van der Waals surface area (Å²) in [5, 5.41) is 5.77. The van der Waals surface area contributed by atoms with Gasteiger partial charge in [0.1, 0.15) is 0 Å². The number of piperidine rings is 1. The van der Waals surface area contributed by atoms with E-state index in [2.05, 4.69) is 27.2 Å². The van der Waals surface area contributed by atoms with E-state index in [-0.39, 0.29) is 5.91 Å². The Morgan fingerprint density at radius 1 is 1.25 bits per heavy atom. The number of anilines is 2. The smallest absolute Gasteiger partial charge is 0.229 e. The van der Waals surface area contributed by atoms with E-state index in [4.69, 9.17) is 0 Å². The lowest BCUT2D eigenvalue weighted by molar-refractivity contribution is -0.131. The number of thiazole rings is 1. The van der Waals surface area contributed by atoms with E-state index in [0.717, 1.165) is 54.1 Å². The van der Waals surface area contributed by atoms with Crippen LogP contribution >= 0.6 is 11.3 Å². The molecule has 128 valence electrons. The van der Waals surface area contributed by atoms with Crippen molar-refractivity contribution in [3.8, 4) is 0 Å². The highest BCUT2D eigenvalue weighted by Crippen LogP contribution is 2.21. The zero-order valence-corrected chi connectivity index (χ0v) is 15.2. The van der Waals surface area contributed by atoms with E-state index in [1.54, 1.807) is 0 Å². The molecule has 0 atom stereocenters. The van der Waals surface area contributed by atoms with Crippen LogP contribution in [0.5, 0.6) is 0 Å². The first-order chi connectivity index (χ1) is 11.5. The molecule has 1 N–H and O–H groups in total. The van der Waals surface area contributed by atoms with Gasteiger partial charge in [0.05, 0.1) is 12.1 Å². The highest BCUT2D eigenvalue weighted by Gasteiger charge is 2.21. The van der Waals surface area contributed by atoms with Crippen molar-refractivity contribution in [1.29, 1.82) is 0 Å². The Morgan fingerprint density at radius 3 is 2.58 bits per heavy atom. The van der Waals surface area contributed by atoms with E-state index in [9.17, 15) is 4.79 Å². The molecule has 1 fully saturated rings. The van der Waals surface area contributed by atoms with Gasteiger partial charge in [0, 0.05) is 29.9 Å². The summed E-state index contributed by atoms with van der Waals surface area (Å²) in [5.41, 5.74) is 2.63. The first kappa shape index (κ1) is 16.8. The molecule has 24 heavy (non-hydrogen) atoms. The van der Waals surface area contributed by atoms with E-state index in [0.29, 0.717) is 12.4 Å². The van der Waals surface area contributed by atoms with Crippen LogP contribution in [-0.2, 0) is 11.2 Å². The fraction of sp³-hybridized carbons (Fsp3) is 0.529. The normalized spacial score (nSPS) is 15.5. The molecule has 0 bridgehead atoms. The van der Waals surface area contributed by atoms with Crippen molar-refractivity contribution in [3.63, 3.8) is 0 Å². The van der Waals surface area contributed by atoms with Gasteiger partial charge in [-0.1, -0.05) is 6.92 Å². The molecule has 0 unspecified atom stereocenters. The summed E-state index contributed by atoms with van der Waals surface area (Å²) in [6.45, 7) is 7.85. The van der Waals surface area contributed by atoms with Crippen molar-refractivity contribution in [3.05, 3.63) is 28.5 Å². The molecule has 1 amide bonds. The lowest BCUT2D eigenvalue weighted by Crippen LogP contribution is -2.38. The molecule has 2 aromatic heterocycles. The van der Waals surface area contributed by atoms with Crippen molar-refractivity contribution < 1.29 is 4.79 Å². The molecular weight excluding hydrogens is 322 g/mol. The van der Waals surface area contributed by atoms with Gasteiger partial charge in [0.2, 0.25) is 11.9 Å². The SMILES string of the molecule is Cc1cc(C)nc(Nc2nc(CC(=O)N3CCC(C)CC3)cs2)n1. The molecule has 0 radical (unpaired) electrons. The standard InChI is InChI=1S/C17H23N5OS/c1-11-4-6-22(7-5-11)15(23)9-14-10-24-17(20-14)21-16-18-12(2)8-13(3)19-16/h8,10-11H,4-7,9H2,1-3H3,(H,18,19,20,21). The summed E-state index contributed by atoms with van der Waals surface area (Å²) in [7, 11) is 0. The molecule has 0 aromatic carbocycles. The lowest BCUT2D eigenvalue weighted by atomic mass is 9.99. The maximum atomic E-state index is 12.4. The monoisotopic (exact) mass is 345 g/mol. The third kappa shape index (κ3) is 4.29. The number of nitrogens with one attached hydrogen (secondary N) is 1. The average Bonchev–Trinajstić information content (AvgIpc) is 2.93. The van der Waals surface area contributed by atoms with Gasteiger partial charge in [-0.2, -0.15) is 0 Å². The molecular formula is C17H23N5OS. The minimum Gasteiger partial charge on any atom is -0.342 e. The Labute approximate surface area is 146 Å². The maximum absolute atomic E-state index is 12.4. The van der Waals surface area contributed by atoms with Crippen molar-refractivity contribution in [2.75, 3.05) is 18.4 Å². The molecule has 0 aliphatic carbocycles. The van der Waals surface area contributed by atoms with Crippen molar-refractivity contribution in [2.45, 2.75) is 40.0 Å². The fourth-order valence-electron chi connectivity index (χ4n) is 2.85. The number of aryl methyl sites for hydroxylation is 2.